The van der Waals surface area contributed by atoms with E-state index < -0.39 is 15.1 Å². The summed E-state index contributed by atoms with van der Waals surface area (Å²) >= 11 is 0. The van der Waals surface area contributed by atoms with Crippen molar-refractivity contribution in [3.63, 3.8) is 0 Å². The average molecular weight is 403 g/mol. The maximum Gasteiger partial charge on any atom is 0.181 e. The summed E-state index contributed by atoms with van der Waals surface area (Å²) < 4.78 is 32.4. The van der Waals surface area contributed by atoms with E-state index in [0.717, 1.165) is 18.4 Å². The molecule has 0 amide bonds. The van der Waals surface area contributed by atoms with Crippen molar-refractivity contribution in [2.45, 2.75) is 69.1 Å². The highest BCUT2D eigenvalue weighted by molar-refractivity contribution is 7.92. The van der Waals surface area contributed by atoms with Crippen LogP contribution in [0.1, 0.15) is 57.9 Å². The Morgan fingerprint density at radius 2 is 1.46 bits per heavy atom. The normalized spacial score (nSPS) is 13.9. The highest BCUT2D eigenvalue weighted by Gasteiger charge is 2.32. The number of sulfone groups is 1. The molecule has 0 N–H and O–H groups in total. The number of hydrogen-bond donors (Lipinski definition) is 0. The first-order valence-corrected chi connectivity index (χ1v) is 12.0. The maximum atomic E-state index is 13.3. The second kappa shape index (κ2) is 12.0. The lowest BCUT2D eigenvalue weighted by atomic mass is 10.0. The third-order valence-corrected chi connectivity index (χ3v) is 7.62. The van der Waals surface area contributed by atoms with Crippen LogP contribution in [0, 0.1) is 5.92 Å². The van der Waals surface area contributed by atoms with Gasteiger partial charge in [-0.25, -0.2) is 8.42 Å². The van der Waals surface area contributed by atoms with Gasteiger partial charge in [-0.3, -0.25) is 0 Å². The number of rotatable bonds is 13. The number of benzene rings is 2. The van der Waals surface area contributed by atoms with Gasteiger partial charge in [-0.05, 0) is 30.0 Å². The lowest BCUT2D eigenvalue weighted by Crippen LogP contribution is -2.31. The van der Waals surface area contributed by atoms with Crippen molar-refractivity contribution in [1.82, 2.24) is 0 Å². The Kier molecular flexibility index (Phi) is 9.72. The lowest BCUT2D eigenvalue weighted by Gasteiger charge is -2.24. The van der Waals surface area contributed by atoms with Gasteiger partial charge in [0.2, 0.25) is 0 Å². The Balaban J connectivity index is 2.01. The van der Waals surface area contributed by atoms with E-state index in [9.17, 15) is 8.42 Å². The minimum absolute atomic E-state index is 0.0555. The summed E-state index contributed by atoms with van der Waals surface area (Å²) in [7, 11) is -3.37. The molecule has 0 bridgehead atoms. The predicted molar refractivity (Wildman–Crippen MR) is 116 cm³/mol. The van der Waals surface area contributed by atoms with Crippen LogP contribution in [0.5, 0.6) is 0 Å². The number of unbranched alkanes of at least 4 members (excludes halogenated alkanes) is 4. The molecule has 28 heavy (non-hydrogen) atoms. The molecule has 0 aliphatic heterocycles. The zero-order valence-electron chi connectivity index (χ0n) is 17.2. The quantitative estimate of drug-likeness (QED) is 0.383. The molecule has 3 nitrogen and oxygen atoms in total. The molecule has 4 heteroatoms. The monoisotopic (exact) mass is 402 g/mol. The molecule has 0 aliphatic rings. The molecule has 2 aromatic carbocycles. The van der Waals surface area contributed by atoms with Gasteiger partial charge in [0, 0.05) is 0 Å². The van der Waals surface area contributed by atoms with E-state index in [4.69, 9.17) is 4.74 Å². The zero-order chi connectivity index (χ0) is 20.2. The number of ether oxygens (including phenoxy) is 1. The summed E-state index contributed by atoms with van der Waals surface area (Å²) in [6.45, 7) is 5.15. The van der Waals surface area contributed by atoms with Gasteiger partial charge in [0.1, 0.15) is 0 Å². The van der Waals surface area contributed by atoms with Gasteiger partial charge in [0.15, 0.2) is 9.84 Å². The Morgan fingerprint density at radius 3 is 2.11 bits per heavy atom. The standard InChI is InChI=1S/C24H34O3S/c1-3-4-5-6-13-18-24(28(25,26)23-16-11-8-12-17-23)21(2)19-27-20-22-14-9-7-10-15-22/h7-12,14-17,21,24H,3-6,13,18-20H2,1-2H3/t21-,24?/m1/s1. The summed E-state index contributed by atoms with van der Waals surface area (Å²) in [6.07, 6.45) is 6.30. The van der Waals surface area contributed by atoms with Crippen molar-refractivity contribution in [3.05, 3.63) is 66.2 Å². The Labute approximate surface area is 171 Å². The summed E-state index contributed by atoms with van der Waals surface area (Å²) in [5, 5.41) is -0.410. The van der Waals surface area contributed by atoms with Crippen LogP contribution in [0.4, 0.5) is 0 Å². The third-order valence-electron chi connectivity index (χ3n) is 5.19. The second-order valence-corrected chi connectivity index (χ2v) is 9.74. The molecule has 0 heterocycles. The molecule has 0 saturated heterocycles. The molecule has 2 rings (SSSR count). The van der Waals surface area contributed by atoms with Crippen molar-refractivity contribution in [2.24, 2.45) is 5.92 Å². The van der Waals surface area contributed by atoms with E-state index in [1.807, 2.05) is 43.3 Å². The van der Waals surface area contributed by atoms with Gasteiger partial charge in [0.25, 0.3) is 0 Å². The first kappa shape index (κ1) is 22.6. The number of hydrogen-bond acceptors (Lipinski definition) is 3. The van der Waals surface area contributed by atoms with Gasteiger partial charge in [-0.2, -0.15) is 0 Å². The molecule has 0 aromatic heterocycles. The van der Waals surface area contributed by atoms with E-state index in [1.165, 1.54) is 19.3 Å². The van der Waals surface area contributed by atoms with Gasteiger partial charge in [-0.1, -0.05) is 94.5 Å². The van der Waals surface area contributed by atoms with Crippen LogP contribution in [0.15, 0.2) is 65.6 Å². The van der Waals surface area contributed by atoms with Gasteiger partial charge in [-0.15, -0.1) is 0 Å². The van der Waals surface area contributed by atoms with E-state index in [1.54, 1.807) is 24.3 Å². The minimum Gasteiger partial charge on any atom is -0.376 e. The topological polar surface area (TPSA) is 43.4 Å². The highest BCUT2D eigenvalue weighted by Crippen LogP contribution is 2.27. The first-order chi connectivity index (χ1) is 13.6. The van der Waals surface area contributed by atoms with E-state index in [2.05, 4.69) is 6.92 Å². The van der Waals surface area contributed by atoms with E-state index in [0.29, 0.717) is 24.5 Å². The summed E-state index contributed by atoms with van der Waals surface area (Å²) in [6, 6.07) is 18.9. The van der Waals surface area contributed by atoms with Gasteiger partial charge in [0.05, 0.1) is 23.4 Å². The summed E-state index contributed by atoms with van der Waals surface area (Å²) in [5.74, 6) is -0.0555. The van der Waals surface area contributed by atoms with E-state index in [-0.39, 0.29) is 5.92 Å². The molecule has 0 fully saturated rings. The third kappa shape index (κ3) is 7.06. The van der Waals surface area contributed by atoms with Crippen molar-refractivity contribution < 1.29 is 13.2 Å². The zero-order valence-corrected chi connectivity index (χ0v) is 18.0. The SMILES string of the molecule is CCCCCCCC([C@H](C)COCc1ccccc1)S(=O)(=O)c1ccccc1. The molecule has 154 valence electrons. The Bertz CT molecular complexity index is 757. The average Bonchev–Trinajstić information content (AvgIpc) is 2.72. The van der Waals surface area contributed by atoms with Crippen LogP contribution in [-0.4, -0.2) is 20.3 Å². The van der Waals surface area contributed by atoms with Crippen molar-refractivity contribution in [3.8, 4) is 0 Å². The van der Waals surface area contributed by atoms with Crippen molar-refractivity contribution in [2.75, 3.05) is 6.61 Å². The smallest absolute Gasteiger partial charge is 0.181 e. The van der Waals surface area contributed by atoms with Crippen molar-refractivity contribution >= 4 is 9.84 Å². The van der Waals surface area contributed by atoms with Crippen LogP contribution < -0.4 is 0 Å². The van der Waals surface area contributed by atoms with Crippen LogP contribution in [-0.2, 0) is 21.2 Å². The van der Waals surface area contributed by atoms with Crippen LogP contribution in [0.25, 0.3) is 0 Å². The molecule has 0 saturated carbocycles. The Hall–Kier alpha value is -1.65. The van der Waals surface area contributed by atoms with E-state index >= 15 is 0 Å². The Morgan fingerprint density at radius 1 is 0.857 bits per heavy atom. The molecular weight excluding hydrogens is 368 g/mol. The molecule has 1 unspecified atom stereocenters. The minimum atomic E-state index is -3.37. The van der Waals surface area contributed by atoms with Crippen molar-refractivity contribution in [1.29, 1.82) is 0 Å². The first-order valence-electron chi connectivity index (χ1n) is 10.5. The van der Waals surface area contributed by atoms with Crippen LogP contribution >= 0.6 is 0 Å². The molecule has 2 aromatic rings. The maximum absolute atomic E-state index is 13.3. The lowest BCUT2D eigenvalue weighted by molar-refractivity contribution is 0.0896. The van der Waals surface area contributed by atoms with Gasteiger partial charge < -0.3 is 4.74 Å². The van der Waals surface area contributed by atoms with Crippen LogP contribution in [0.2, 0.25) is 0 Å². The summed E-state index contributed by atoms with van der Waals surface area (Å²) in [5.41, 5.74) is 1.11. The van der Waals surface area contributed by atoms with Gasteiger partial charge >= 0.3 is 0 Å². The predicted octanol–water partition coefficient (Wildman–Crippen LogP) is 6.04. The fraction of sp³-hybridized carbons (Fsp3) is 0.500. The molecule has 0 spiro atoms. The largest absolute Gasteiger partial charge is 0.376 e. The fourth-order valence-electron chi connectivity index (χ4n) is 3.52. The molecular formula is C24H34O3S. The molecule has 0 aliphatic carbocycles. The highest BCUT2D eigenvalue weighted by atomic mass is 32.2. The molecule has 2 atom stereocenters. The summed E-state index contributed by atoms with van der Waals surface area (Å²) in [4.78, 5) is 0.420. The van der Waals surface area contributed by atoms with Crippen LogP contribution in [0.3, 0.4) is 0 Å². The fourth-order valence-corrected chi connectivity index (χ4v) is 5.58. The second-order valence-electron chi connectivity index (χ2n) is 7.58. The molecule has 0 radical (unpaired) electrons.